The van der Waals surface area contributed by atoms with Gasteiger partial charge >= 0.3 is 0 Å². The van der Waals surface area contributed by atoms with E-state index < -0.39 is 0 Å². The first-order valence-corrected chi connectivity index (χ1v) is 10.2. The molecule has 0 radical (unpaired) electrons. The third kappa shape index (κ3) is 4.51. The molecule has 2 aromatic heterocycles. The number of nitrogens with one attached hydrogen (secondary N) is 2. The van der Waals surface area contributed by atoms with Crippen LogP contribution in [0.15, 0.2) is 72.0 Å². The Morgan fingerprint density at radius 3 is 2.67 bits per heavy atom. The van der Waals surface area contributed by atoms with Gasteiger partial charge in [0.15, 0.2) is 5.96 Å². The molecule has 0 spiro atoms. The zero-order chi connectivity index (χ0) is 20.8. The molecule has 30 heavy (non-hydrogen) atoms. The summed E-state index contributed by atoms with van der Waals surface area (Å²) in [6.45, 7) is 4.47. The van der Waals surface area contributed by atoms with Gasteiger partial charge in [-0.25, -0.2) is 9.67 Å². The first-order valence-electron chi connectivity index (χ1n) is 10.2. The summed E-state index contributed by atoms with van der Waals surface area (Å²) in [5.74, 6) is 1.84. The van der Waals surface area contributed by atoms with Crippen LogP contribution < -0.4 is 10.6 Å². The molecule has 4 aromatic rings. The van der Waals surface area contributed by atoms with E-state index in [2.05, 4.69) is 55.4 Å². The van der Waals surface area contributed by atoms with Gasteiger partial charge in [-0.1, -0.05) is 30.3 Å². The summed E-state index contributed by atoms with van der Waals surface area (Å²) in [4.78, 5) is 8.95. The van der Waals surface area contributed by atoms with Gasteiger partial charge in [0.05, 0.1) is 22.9 Å². The van der Waals surface area contributed by atoms with Crippen LogP contribution in [0.2, 0.25) is 0 Å². The van der Waals surface area contributed by atoms with E-state index in [9.17, 15) is 0 Å². The van der Waals surface area contributed by atoms with Crippen molar-refractivity contribution >= 4 is 17.0 Å². The van der Waals surface area contributed by atoms with Gasteiger partial charge in [-0.05, 0) is 37.6 Å². The van der Waals surface area contributed by atoms with Crippen LogP contribution in [0, 0.1) is 6.92 Å². The van der Waals surface area contributed by atoms with Crippen molar-refractivity contribution in [2.45, 2.75) is 26.4 Å². The fraction of sp³-hybridized carbons (Fsp3) is 0.261. The molecule has 7 nitrogen and oxygen atoms in total. The second kappa shape index (κ2) is 9.26. The maximum atomic E-state index is 4.63. The summed E-state index contributed by atoms with van der Waals surface area (Å²) in [5, 5.41) is 11.2. The van der Waals surface area contributed by atoms with Gasteiger partial charge in [0.25, 0.3) is 0 Å². The van der Waals surface area contributed by atoms with Gasteiger partial charge in [-0.15, -0.1) is 0 Å². The van der Waals surface area contributed by atoms with Gasteiger partial charge in [-0.3, -0.25) is 4.99 Å². The zero-order valence-corrected chi connectivity index (χ0v) is 17.4. The Hall–Kier alpha value is -3.61. The molecule has 0 unspecified atom stereocenters. The topological polar surface area (TPSA) is 72.1 Å². The number of aliphatic imine (C=N–C) groups is 1. The Balaban J connectivity index is 1.25. The number of hydrogen-bond donors (Lipinski definition) is 2. The molecular weight excluding hydrogens is 374 g/mol. The van der Waals surface area contributed by atoms with Crippen LogP contribution >= 0.6 is 0 Å². The Labute approximate surface area is 176 Å². The molecule has 0 aliphatic rings. The van der Waals surface area contributed by atoms with E-state index in [0.29, 0.717) is 6.54 Å². The van der Waals surface area contributed by atoms with Crippen LogP contribution in [0.5, 0.6) is 0 Å². The van der Waals surface area contributed by atoms with Crippen LogP contribution in [0.1, 0.15) is 17.8 Å². The maximum Gasteiger partial charge on any atom is 0.191 e. The van der Waals surface area contributed by atoms with E-state index in [0.717, 1.165) is 48.1 Å². The van der Waals surface area contributed by atoms with E-state index in [1.807, 2.05) is 53.5 Å². The SMILES string of the molecule is CN=C(NCCCn1c(C)nc2ccccc21)NCc1cnn(-c2ccccc2)c1. The summed E-state index contributed by atoms with van der Waals surface area (Å²) in [7, 11) is 1.79. The summed E-state index contributed by atoms with van der Waals surface area (Å²) in [5.41, 5.74) is 4.39. The molecule has 7 heteroatoms. The van der Waals surface area contributed by atoms with Crippen molar-refractivity contribution in [3.63, 3.8) is 0 Å². The highest BCUT2D eigenvalue weighted by molar-refractivity contribution is 5.79. The van der Waals surface area contributed by atoms with Crippen molar-refractivity contribution in [2.75, 3.05) is 13.6 Å². The molecule has 2 N–H and O–H groups in total. The number of benzene rings is 2. The van der Waals surface area contributed by atoms with E-state index in [-0.39, 0.29) is 0 Å². The lowest BCUT2D eigenvalue weighted by atomic mass is 10.3. The predicted octanol–water partition coefficient (Wildman–Crippen LogP) is 3.29. The smallest absolute Gasteiger partial charge is 0.191 e. The molecule has 0 atom stereocenters. The highest BCUT2D eigenvalue weighted by Crippen LogP contribution is 2.15. The molecule has 0 saturated carbocycles. The number of rotatable bonds is 7. The van der Waals surface area contributed by atoms with Crippen molar-refractivity contribution in [3.05, 3.63) is 78.4 Å². The van der Waals surface area contributed by atoms with Gasteiger partial charge in [0.2, 0.25) is 0 Å². The van der Waals surface area contributed by atoms with E-state index >= 15 is 0 Å². The molecule has 2 aromatic carbocycles. The lowest BCUT2D eigenvalue weighted by molar-refractivity contribution is 0.624. The van der Waals surface area contributed by atoms with Crippen LogP contribution in [0.25, 0.3) is 16.7 Å². The van der Waals surface area contributed by atoms with Crippen molar-refractivity contribution in [1.82, 2.24) is 30.0 Å². The third-order valence-electron chi connectivity index (χ3n) is 5.04. The fourth-order valence-corrected chi connectivity index (χ4v) is 3.50. The first-order chi connectivity index (χ1) is 14.7. The predicted molar refractivity (Wildman–Crippen MR) is 121 cm³/mol. The lowest BCUT2D eigenvalue weighted by Crippen LogP contribution is -2.37. The zero-order valence-electron chi connectivity index (χ0n) is 17.4. The van der Waals surface area contributed by atoms with E-state index in [1.54, 1.807) is 7.05 Å². The standard InChI is InChI=1S/C23H27N7/c1-18-28-21-11-6-7-12-22(21)29(18)14-8-13-25-23(24-2)26-15-19-16-27-30(17-19)20-9-4-3-5-10-20/h3-7,9-12,16-17H,8,13-15H2,1-2H3,(H2,24,25,26). The minimum atomic E-state index is 0.664. The van der Waals surface area contributed by atoms with Gasteiger partial charge < -0.3 is 15.2 Å². The second-order valence-corrected chi connectivity index (χ2v) is 7.13. The Morgan fingerprint density at radius 2 is 1.83 bits per heavy atom. The number of para-hydroxylation sites is 3. The molecular formula is C23H27N7. The molecule has 2 heterocycles. The van der Waals surface area contributed by atoms with Gasteiger partial charge in [0.1, 0.15) is 5.82 Å². The second-order valence-electron chi connectivity index (χ2n) is 7.13. The fourth-order valence-electron chi connectivity index (χ4n) is 3.50. The number of guanidine groups is 1. The summed E-state index contributed by atoms with van der Waals surface area (Å²) < 4.78 is 4.15. The van der Waals surface area contributed by atoms with Crippen LogP contribution in [0.4, 0.5) is 0 Å². The molecule has 0 amide bonds. The van der Waals surface area contributed by atoms with Crippen LogP contribution in [0.3, 0.4) is 0 Å². The number of aromatic nitrogens is 4. The Kier molecular flexibility index (Phi) is 6.08. The number of nitrogens with zero attached hydrogens (tertiary/aromatic N) is 5. The molecule has 0 aliphatic carbocycles. The highest BCUT2D eigenvalue weighted by atomic mass is 15.3. The average molecular weight is 402 g/mol. The number of hydrogen-bond acceptors (Lipinski definition) is 3. The number of aryl methyl sites for hydroxylation is 2. The Morgan fingerprint density at radius 1 is 1.03 bits per heavy atom. The quantitative estimate of drug-likeness (QED) is 0.283. The molecule has 0 bridgehead atoms. The summed E-state index contributed by atoms with van der Waals surface area (Å²) in [6, 6.07) is 18.4. The van der Waals surface area contributed by atoms with E-state index in [4.69, 9.17) is 0 Å². The lowest BCUT2D eigenvalue weighted by Gasteiger charge is -2.12. The van der Waals surface area contributed by atoms with E-state index in [1.165, 1.54) is 5.52 Å². The third-order valence-corrected chi connectivity index (χ3v) is 5.04. The van der Waals surface area contributed by atoms with Crippen LogP contribution in [-0.2, 0) is 13.1 Å². The maximum absolute atomic E-state index is 4.63. The van der Waals surface area contributed by atoms with Crippen molar-refractivity contribution < 1.29 is 0 Å². The van der Waals surface area contributed by atoms with Gasteiger partial charge in [0, 0.05) is 38.4 Å². The average Bonchev–Trinajstić information content (AvgIpc) is 3.38. The molecule has 154 valence electrons. The minimum Gasteiger partial charge on any atom is -0.356 e. The van der Waals surface area contributed by atoms with Crippen molar-refractivity contribution in [1.29, 1.82) is 0 Å². The van der Waals surface area contributed by atoms with Crippen molar-refractivity contribution in [2.24, 2.45) is 4.99 Å². The molecule has 4 rings (SSSR count). The number of fused-ring (bicyclic) bond motifs is 1. The summed E-state index contributed by atoms with van der Waals surface area (Å²) in [6.07, 6.45) is 4.89. The Bertz CT molecular complexity index is 1120. The monoisotopic (exact) mass is 401 g/mol. The van der Waals surface area contributed by atoms with Crippen LogP contribution in [-0.4, -0.2) is 38.9 Å². The molecule has 0 fully saturated rings. The molecule has 0 saturated heterocycles. The molecule has 0 aliphatic heterocycles. The van der Waals surface area contributed by atoms with Crippen molar-refractivity contribution in [3.8, 4) is 5.69 Å². The largest absolute Gasteiger partial charge is 0.356 e. The normalized spacial score (nSPS) is 11.7. The van der Waals surface area contributed by atoms with Gasteiger partial charge in [-0.2, -0.15) is 5.10 Å². The first kappa shape index (κ1) is 19.7. The number of imidazole rings is 1. The highest BCUT2D eigenvalue weighted by Gasteiger charge is 2.06. The minimum absolute atomic E-state index is 0.664. The summed E-state index contributed by atoms with van der Waals surface area (Å²) >= 11 is 0.